The quantitative estimate of drug-likeness (QED) is 0.251. The molecular formula is C16H13F6N5O5. The Bertz CT molecular complexity index is 1080. The lowest BCUT2D eigenvalue weighted by atomic mass is 10.0. The first-order valence-electron chi connectivity index (χ1n) is 8.41. The molecule has 1 aliphatic heterocycles. The van der Waals surface area contributed by atoms with Gasteiger partial charge < -0.3 is 21.1 Å². The van der Waals surface area contributed by atoms with E-state index in [0.29, 0.717) is 0 Å². The van der Waals surface area contributed by atoms with E-state index in [1.54, 1.807) is 0 Å². The van der Waals surface area contributed by atoms with Gasteiger partial charge in [0.1, 0.15) is 11.6 Å². The summed E-state index contributed by atoms with van der Waals surface area (Å²) in [5.74, 6) is -5.95. The Labute approximate surface area is 173 Å². The molecule has 1 atom stereocenters. The van der Waals surface area contributed by atoms with Gasteiger partial charge in [0.2, 0.25) is 17.6 Å². The maximum Gasteiger partial charge on any atom is 0.490 e. The SMILES string of the molecule is Nc1ccc(C(=O)NC2CCC(=O)NC2=O)c2nc(C(F)(F)F)[nH]c12.O=C(O)C(F)(F)F. The molecule has 1 aromatic heterocycles. The van der Waals surface area contributed by atoms with Crippen LogP contribution in [0.3, 0.4) is 0 Å². The zero-order valence-electron chi connectivity index (χ0n) is 15.5. The summed E-state index contributed by atoms with van der Waals surface area (Å²) in [6, 6.07) is 1.53. The number of benzene rings is 1. The number of hydrogen-bond donors (Lipinski definition) is 5. The second kappa shape index (κ2) is 8.72. The predicted molar refractivity (Wildman–Crippen MR) is 92.8 cm³/mol. The van der Waals surface area contributed by atoms with E-state index in [2.05, 4.69) is 20.6 Å². The lowest BCUT2D eigenvalue weighted by Crippen LogP contribution is -2.52. The molecule has 10 nitrogen and oxygen atoms in total. The highest BCUT2D eigenvalue weighted by Gasteiger charge is 2.38. The van der Waals surface area contributed by atoms with Gasteiger partial charge in [-0.05, 0) is 18.6 Å². The summed E-state index contributed by atoms with van der Waals surface area (Å²) < 4.78 is 70.2. The number of hydrogen-bond acceptors (Lipinski definition) is 6. The standard InChI is InChI=1S/C14H12F3N5O3.C2HF3O2/c15-14(16,17)13-21-9-5(1-2-6(18)10(9)22-13)11(24)19-7-3-4-8(23)20-12(7)25;3-2(4,5)1(6)7/h1-2,7H,3-4,18H2,(H,19,24)(H,21,22)(H,20,23,25);(H,6,7). The minimum atomic E-state index is -5.08. The van der Waals surface area contributed by atoms with Crippen LogP contribution in [-0.4, -0.2) is 51.0 Å². The van der Waals surface area contributed by atoms with Gasteiger partial charge in [-0.2, -0.15) is 26.3 Å². The molecule has 0 bridgehead atoms. The Hall–Kier alpha value is -3.85. The summed E-state index contributed by atoms with van der Waals surface area (Å²) in [6.07, 6.45) is -9.67. The molecule has 1 fully saturated rings. The number of nitrogens with zero attached hydrogens (tertiary/aromatic N) is 1. The average Bonchev–Trinajstić information content (AvgIpc) is 3.10. The number of imide groups is 1. The molecule has 2 heterocycles. The summed E-state index contributed by atoms with van der Waals surface area (Å²) in [5, 5.41) is 11.6. The van der Waals surface area contributed by atoms with Crippen molar-refractivity contribution >= 4 is 40.4 Å². The number of piperidine rings is 1. The van der Waals surface area contributed by atoms with Crippen LogP contribution in [0.4, 0.5) is 32.0 Å². The monoisotopic (exact) mass is 469 g/mol. The van der Waals surface area contributed by atoms with Crippen molar-refractivity contribution in [3.05, 3.63) is 23.5 Å². The zero-order chi connectivity index (χ0) is 24.4. The van der Waals surface area contributed by atoms with E-state index in [9.17, 15) is 40.7 Å². The van der Waals surface area contributed by atoms with Crippen molar-refractivity contribution in [2.45, 2.75) is 31.2 Å². The number of carbonyl (C=O) groups excluding carboxylic acids is 3. The molecule has 1 saturated heterocycles. The van der Waals surface area contributed by atoms with Crippen LogP contribution >= 0.6 is 0 Å². The van der Waals surface area contributed by atoms with Crippen LogP contribution in [0.25, 0.3) is 11.0 Å². The summed E-state index contributed by atoms with van der Waals surface area (Å²) in [7, 11) is 0. The third-order valence-corrected chi connectivity index (χ3v) is 3.98. The number of amides is 3. The van der Waals surface area contributed by atoms with E-state index in [1.165, 1.54) is 12.1 Å². The number of carbonyl (C=O) groups is 4. The fourth-order valence-corrected chi connectivity index (χ4v) is 2.50. The van der Waals surface area contributed by atoms with E-state index in [4.69, 9.17) is 15.6 Å². The van der Waals surface area contributed by atoms with E-state index in [-0.39, 0.29) is 35.1 Å². The number of carboxylic acid groups (broad SMARTS) is 1. The highest BCUT2D eigenvalue weighted by Crippen LogP contribution is 2.31. The number of aromatic nitrogens is 2. The van der Waals surface area contributed by atoms with Crippen molar-refractivity contribution in [1.29, 1.82) is 0 Å². The number of nitrogen functional groups attached to an aromatic ring is 1. The second-order valence-corrected chi connectivity index (χ2v) is 6.29. The Morgan fingerprint density at radius 1 is 1.16 bits per heavy atom. The number of alkyl halides is 6. The molecule has 3 amide bonds. The lowest BCUT2D eigenvalue weighted by Gasteiger charge is -2.21. The fraction of sp³-hybridized carbons (Fsp3) is 0.312. The van der Waals surface area contributed by atoms with Crippen molar-refractivity contribution in [1.82, 2.24) is 20.6 Å². The van der Waals surface area contributed by atoms with Crippen LogP contribution < -0.4 is 16.4 Å². The predicted octanol–water partition coefficient (Wildman–Crippen LogP) is 1.33. The summed E-state index contributed by atoms with van der Waals surface area (Å²) in [4.78, 5) is 49.5. The first-order chi connectivity index (χ1) is 14.6. The second-order valence-electron chi connectivity index (χ2n) is 6.29. The van der Waals surface area contributed by atoms with E-state index in [0.717, 1.165) is 0 Å². The zero-order valence-corrected chi connectivity index (χ0v) is 15.5. The molecular weight excluding hydrogens is 456 g/mol. The fourth-order valence-electron chi connectivity index (χ4n) is 2.50. The molecule has 0 saturated carbocycles. The molecule has 0 aliphatic carbocycles. The molecule has 174 valence electrons. The van der Waals surface area contributed by atoms with Crippen LogP contribution in [0.15, 0.2) is 12.1 Å². The third kappa shape index (κ3) is 5.64. The van der Waals surface area contributed by atoms with Gasteiger partial charge in [-0.15, -0.1) is 0 Å². The maximum atomic E-state index is 12.8. The summed E-state index contributed by atoms with van der Waals surface area (Å²) >= 11 is 0. The number of aliphatic carboxylic acids is 1. The molecule has 6 N–H and O–H groups in total. The van der Waals surface area contributed by atoms with Crippen molar-refractivity contribution in [3.8, 4) is 0 Å². The molecule has 0 spiro atoms. The van der Waals surface area contributed by atoms with E-state index in [1.807, 2.05) is 0 Å². The molecule has 3 rings (SSSR count). The molecule has 16 heteroatoms. The number of imidazole rings is 1. The Morgan fingerprint density at radius 3 is 2.25 bits per heavy atom. The smallest absolute Gasteiger partial charge is 0.475 e. The van der Waals surface area contributed by atoms with Crippen molar-refractivity contribution in [3.63, 3.8) is 0 Å². The number of nitrogens with one attached hydrogen (secondary N) is 3. The largest absolute Gasteiger partial charge is 0.490 e. The van der Waals surface area contributed by atoms with E-state index < -0.39 is 47.9 Å². The van der Waals surface area contributed by atoms with Crippen LogP contribution in [0.2, 0.25) is 0 Å². The number of nitrogens with two attached hydrogens (primary N) is 1. The number of anilines is 1. The minimum absolute atomic E-state index is 0.00411. The van der Waals surface area contributed by atoms with E-state index >= 15 is 0 Å². The molecule has 1 aromatic carbocycles. The minimum Gasteiger partial charge on any atom is -0.475 e. The number of aromatic amines is 1. The van der Waals surface area contributed by atoms with Crippen LogP contribution in [0, 0.1) is 0 Å². The lowest BCUT2D eigenvalue weighted by molar-refractivity contribution is -0.192. The van der Waals surface area contributed by atoms with Gasteiger partial charge >= 0.3 is 18.3 Å². The summed E-state index contributed by atoms with van der Waals surface area (Å²) in [6.45, 7) is 0. The van der Waals surface area contributed by atoms with Crippen LogP contribution in [0.5, 0.6) is 0 Å². The Morgan fingerprint density at radius 2 is 1.75 bits per heavy atom. The molecule has 1 aliphatic rings. The van der Waals surface area contributed by atoms with Gasteiger partial charge in [0.15, 0.2) is 0 Å². The van der Waals surface area contributed by atoms with Crippen molar-refractivity contribution in [2.24, 2.45) is 0 Å². The highest BCUT2D eigenvalue weighted by molar-refractivity contribution is 6.09. The number of H-pyrrole nitrogens is 1. The van der Waals surface area contributed by atoms with Gasteiger partial charge in [0, 0.05) is 6.42 Å². The van der Waals surface area contributed by atoms with Gasteiger partial charge in [-0.3, -0.25) is 19.7 Å². The summed E-state index contributed by atoms with van der Waals surface area (Å²) in [5.41, 5.74) is 5.09. The van der Waals surface area contributed by atoms with Crippen molar-refractivity contribution in [2.75, 3.05) is 5.73 Å². The topological polar surface area (TPSA) is 167 Å². The van der Waals surface area contributed by atoms with Gasteiger partial charge in [-0.25, -0.2) is 9.78 Å². The van der Waals surface area contributed by atoms with Gasteiger partial charge in [-0.1, -0.05) is 0 Å². The molecule has 32 heavy (non-hydrogen) atoms. The maximum absolute atomic E-state index is 12.8. The van der Waals surface area contributed by atoms with Gasteiger partial charge in [0.05, 0.1) is 16.8 Å². The van der Waals surface area contributed by atoms with Crippen molar-refractivity contribution < 1.29 is 50.6 Å². The molecule has 2 aromatic rings. The average molecular weight is 469 g/mol. The first-order valence-corrected chi connectivity index (χ1v) is 8.41. The Kier molecular flexibility index (Phi) is 6.65. The number of halogens is 6. The van der Waals surface area contributed by atoms with Gasteiger partial charge in [0.25, 0.3) is 5.91 Å². The Balaban J connectivity index is 0.000000451. The number of rotatable bonds is 2. The first kappa shape index (κ1) is 24.4. The number of fused-ring (bicyclic) bond motifs is 1. The normalized spacial score (nSPS) is 16.8. The molecule has 1 unspecified atom stereocenters. The number of carboxylic acids is 1. The molecule has 0 radical (unpaired) electrons. The highest BCUT2D eigenvalue weighted by atomic mass is 19.4. The van der Waals surface area contributed by atoms with Crippen LogP contribution in [0.1, 0.15) is 29.0 Å². The third-order valence-electron chi connectivity index (χ3n) is 3.98. The van der Waals surface area contributed by atoms with Crippen LogP contribution in [-0.2, 0) is 20.6 Å².